The van der Waals surface area contributed by atoms with Crippen LogP contribution in [0.1, 0.15) is 41.8 Å². The second kappa shape index (κ2) is 5.24. The highest BCUT2D eigenvalue weighted by Crippen LogP contribution is 2.40. The maximum absolute atomic E-state index is 11.9. The summed E-state index contributed by atoms with van der Waals surface area (Å²) in [5, 5.41) is 0. The molecule has 0 radical (unpaired) electrons. The number of hydrogen-bond acceptors (Lipinski definition) is 3. The molecule has 0 saturated heterocycles. The van der Waals surface area contributed by atoms with Crippen LogP contribution in [-0.4, -0.2) is 5.97 Å². The summed E-state index contributed by atoms with van der Waals surface area (Å²) in [7, 11) is 0. The Morgan fingerprint density at radius 3 is 2.62 bits per heavy atom. The van der Waals surface area contributed by atoms with E-state index in [9.17, 15) is 4.79 Å². The van der Waals surface area contributed by atoms with Crippen molar-refractivity contribution in [3.05, 3.63) is 65.2 Å². The molecule has 3 rings (SSSR count). The number of fused-ring (bicyclic) bond motifs is 1. The lowest BCUT2D eigenvalue weighted by Crippen LogP contribution is -2.20. The summed E-state index contributed by atoms with van der Waals surface area (Å²) in [6.45, 7) is 4.47. The maximum atomic E-state index is 11.9. The van der Waals surface area contributed by atoms with Crippen molar-refractivity contribution in [1.82, 2.24) is 0 Å². The van der Waals surface area contributed by atoms with Crippen molar-refractivity contribution < 1.29 is 14.3 Å². The number of hydrogen-bond donors (Lipinski definition) is 0. The van der Waals surface area contributed by atoms with E-state index in [1.807, 2.05) is 56.3 Å². The fourth-order valence-electron chi connectivity index (χ4n) is 2.55. The molecule has 0 N–H and O–H groups in total. The highest BCUT2D eigenvalue weighted by Gasteiger charge is 2.40. The van der Waals surface area contributed by atoms with Gasteiger partial charge in [0.05, 0.1) is 5.56 Å². The molecule has 1 heterocycles. The molecular weight excluding hydrogens is 264 g/mol. The summed E-state index contributed by atoms with van der Waals surface area (Å²) in [6, 6.07) is 15.5. The first-order chi connectivity index (χ1) is 10.1. The number of rotatable bonds is 4. The van der Waals surface area contributed by atoms with E-state index in [0.717, 1.165) is 23.3 Å². The van der Waals surface area contributed by atoms with E-state index in [1.54, 1.807) is 6.07 Å². The molecule has 0 spiro atoms. The summed E-state index contributed by atoms with van der Waals surface area (Å²) in [5.74, 6) is 0.513. The van der Waals surface area contributed by atoms with Crippen LogP contribution in [0.25, 0.3) is 0 Å². The lowest BCUT2D eigenvalue weighted by atomic mass is 9.92. The van der Waals surface area contributed by atoms with Crippen molar-refractivity contribution in [2.24, 2.45) is 0 Å². The number of ether oxygens (including phenoxy) is 2. The average Bonchev–Trinajstić information content (AvgIpc) is 2.78. The van der Waals surface area contributed by atoms with E-state index in [1.165, 1.54) is 0 Å². The topological polar surface area (TPSA) is 35.5 Å². The van der Waals surface area contributed by atoms with Crippen LogP contribution in [0, 0.1) is 0 Å². The van der Waals surface area contributed by atoms with Gasteiger partial charge in [0.25, 0.3) is 0 Å². The number of carbonyl (C=O) groups is 1. The van der Waals surface area contributed by atoms with Gasteiger partial charge in [-0.25, -0.2) is 4.79 Å². The molecule has 1 atom stereocenters. The molecule has 1 aliphatic rings. The van der Waals surface area contributed by atoms with Gasteiger partial charge >= 0.3 is 5.97 Å². The minimum absolute atomic E-state index is 0.246. The Morgan fingerprint density at radius 1 is 1.14 bits per heavy atom. The lowest BCUT2D eigenvalue weighted by molar-refractivity contribution is -0.000837. The zero-order valence-corrected chi connectivity index (χ0v) is 12.3. The first-order valence-corrected chi connectivity index (χ1v) is 7.17. The van der Waals surface area contributed by atoms with Gasteiger partial charge in [-0.15, -0.1) is 0 Å². The Kier molecular flexibility index (Phi) is 3.42. The Balaban J connectivity index is 1.83. The van der Waals surface area contributed by atoms with E-state index in [4.69, 9.17) is 9.47 Å². The van der Waals surface area contributed by atoms with E-state index in [0.29, 0.717) is 12.2 Å². The summed E-state index contributed by atoms with van der Waals surface area (Å²) in [5.41, 5.74) is 2.13. The molecular formula is C18H18O3. The first-order valence-electron chi connectivity index (χ1n) is 7.17. The van der Waals surface area contributed by atoms with Crippen molar-refractivity contribution in [1.29, 1.82) is 0 Å². The van der Waals surface area contributed by atoms with Crippen LogP contribution in [0.2, 0.25) is 0 Å². The van der Waals surface area contributed by atoms with Gasteiger partial charge in [0, 0.05) is 5.56 Å². The van der Waals surface area contributed by atoms with Crippen LogP contribution >= 0.6 is 0 Å². The van der Waals surface area contributed by atoms with Gasteiger partial charge in [-0.2, -0.15) is 0 Å². The first kappa shape index (κ1) is 13.7. The molecule has 3 heteroatoms. The molecule has 1 unspecified atom stereocenters. The Hall–Kier alpha value is -2.29. The lowest BCUT2D eigenvalue weighted by Gasteiger charge is -2.22. The van der Waals surface area contributed by atoms with Crippen molar-refractivity contribution >= 4 is 5.97 Å². The standard InChI is InChI=1S/C18H18O3/c1-3-18(2)16-11-14(9-10-15(16)17(19)21-18)20-12-13-7-5-4-6-8-13/h4-11H,3,12H2,1-2H3. The van der Waals surface area contributed by atoms with Crippen molar-refractivity contribution in [3.63, 3.8) is 0 Å². The zero-order valence-electron chi connectivity index (χ0n) is 12.3. The fourth-order valence-corrected chi connectivity index (χ4v) is 2.55. The Labute approximate surface area is 124 Å². The highest BCUT2D eigenvalue weighted by molar-refractivity contribution is 5.94. The van der Waals surface area contributed by atoms with Crippen molar-refractivity contribution in [3.8, 4) is 5.75 Å². The molecule has 0 amide bonds. The van der Waals surface area contributed by atoms with Gasteiger partial charge < -0.3 is 9.47 Å². The Bertz CT molecular complexity index is 663. The SMILES string of the molecule is CCC1(C)OC(=O)c2ccc(OCc3ccccc3)cc21. The van der Waals surface area contributed by atoms with Crippen LogP contribution in [-0.2, 0) is 16.9 Å². The van der Waals surface area contributed by atoms with Crippen LogP contribution in [0.5, 0.6) is 5.75 Å². The summed E-state index contributed by atoms with van der Waals surface area (Å²) in [6.07, 6.45) is 0.744. The largest absolute Gasteiger partial charge is 0.489 e. The number of carbonyl (C=O) groups excluding carboxylic acids is 1. The number of esters is 1. The molecule has 108 valence electrons. The molecule has 0 aliphatic carbocycles. The smallest absolute Gasteiger partial charge is 0.339 e. The minimum Gasteiger partial charge on any atom is -0.489 e. The van der Waals surface area contributed by atoms with E-state index >= 15 is 0 Å². The Morgan fingerprint density at radius 2 is 1.90 bits per heavy atom. The van der Waals surface area contributed by atoms with Gasteiger partial charge in [0.1, 0.15) is 18.0 Å². The molecule has 2 aromatic rings. The fraction of sp³-hybridized carbons (Fsp3) is 0.278. The molecule has 3 nitrogen and oxygen atoms in total. The minimum atomic E-state index is -0.543. The van der Waals surface area contributed by atoms with Crippen LogP contribution in [0.15, 0.2) is 48.5 Å². The molecule has 0 fully saturated rings. The average molecular weight is 282 g/mol. The van der Waals surface area contributed by atoms with Crippen molar-refractivity contribution in [2.45, 2.75) is 32.5 Å². The van der Waals surface area contributed by atoms with Crippen LogP contribution in [0.4, 0.5) is 0 Å². The predicted molar refractivity (Wildman–Crippen MR) is 80.3 cm³/mol. The van der Waals surface area contributed by atoms with Gasteiger partial charge in [-0.05, 0) is 37.1 Å². The third-order valence-electron chi connectivity index (χ3n) is 4.02. The molecule has 0 aromatic heterocycles. The zero-order chi connectivity index (χ0) is 14.9. The maximum Gasteiger partial charge on any atom is 0.339 e. The van der Waals surface area contributed by atoms with Crippen molar-refractivity contribution in [2.75, 3.05) is 0 Å². The second-order valence-electron chi connectivity index (χ2n) is 5.46. The third kappa shape index (κ3) is 2.51. The number of benzene rings is 2. The quantitative estimate of drug-likeness (QED) is 0.793. The van der Waals surface area contributed by atoms with Gasteiger partial charge in [0.15, 0.2) is 0 Å². The third-order valence-corrected chi connectivity index (χ3v) is 4.02. The molecule has 1 aliphatic heterocycles. The molecule has 21 heavy (non-hydrogen) atoms. The molecule has 0 saturated carbocycles. The summed E-state index contributed by atoms with van der Waals surface area (Å²) >= 11 is 0. The summed E-state index contributed by atoms with van der Waals surface area (Å²) in [4.78, 5) is 11.9. The molecule has 2 aromatic carbocycles. The highest BCUT2D eigenvalue weighted by atomic mass is 16.6. The van der Waals surface area contributed by atoms with Gasteiger partial charge in [-0.1, -0.05) is 37.3 Å². The summed E-state index contributed by atoms with van der Waals surface area (Å²) < 4.78 is 11.3. The second-order valence-corrected chi connectivity index (χ2v) is 5.46. The number of cyclic esters (lactones) is 1. The van der Waals surface area contributed by atoms with E-state index in [2.05, 4.69) is 0 Å². The molecule has 0 bridgehead atoms. The van der Waals surface area contributed by atoms with E-state index < -0.39 is 5.60 Å². The van der Waals surface area contributed by atoms with E-state index in [-0.39, 0.29) is 5.97 Å². The monoisotopic (exact) mass is 282 g/mol. The van der Waals surface area contributed by atoms with Crippen LogP contribution in [0.3, 0.4) is 0 Å². The van der Waals surface area contributed by atoms with Gasteiger partial charge in [0.2, 0.25) is 0 Å². The van der Waals surface area contributed by atoms with Crippen LogP contribution < -0.4 is 4.74 Å². The normalized spacial score (nSPS) is 20.0. The van der Waals surface area contributed by atoms with Gasteiger partial charge in [-0.3, -0.25) is 0 Å². The predicted octanol–water partition coefficient (Wildman–Crippen LogP) is 4.06.